The van der Waals surface area contributed by atoms with E-state index in [1.54, 1.807) is 24.3 Å². The molecule has 154 valence electrons. The summed E-state index contributed by atoms with van der Waals surface area (Å²) in [6.45, 7) is 4.51. The molecule has 0 spiro atoms. The highest BCUT2D eigenvalue weighted by molar-refractivity contribution is 6.05. The van der Waals surface area contributed by atoms with E-state index in [0.29, 0.717) is 17.9 Å². The average Bonchev–Trinajstić information content (AvgIpc) is 3.24. The lowest BCUT2D eigenvalue weighted by Gasteiger charge is -2.12. The van der Waals surface area contributed by atoms with E-state index >= 15 is 0 Å². The van der Waals surface area contributed by atoms with Crippen LogP contribution >= 0.6 is 0 Å². The number of furan rings is 1. The van der Waals surface area contributed by atoms with Crippen LogP contribution in [0.25, 0.3) is 6.08 Å². The standard InChI is InChI=1S/C24H24N2O4/c1-17-8-10-19(11-9-17)23(27)26-22(16-21-7-4-13-29-21)24(28)25-12-14-30-20-6-3-5-18(2)15-20/h3-11,13,15-16H,12,14H2,1-2H3,(H,25,28)(H,26,27)/b22-16-. The SMILES string of the molecule is Cc1ccc(C(=O)N/C(=C\c2ccco2)C(=O)NCCOc2cccc(C)c2)cc1. The number of amides is 2. The van der Waals surface area contributed by atoms with E-state index in [1.807, 2.05) is 50.2 Å². The second-order valence-electron chi connectivity index (χ2n) is 6.81. The Labute approximate surface area is 175 Å². The Bertz CT molecular complexity index is 1020. The van der Waals surface area contributed by atoms with Crippen molar-refractivity contribution in [1.82, 2.24) is 10.6 Å². The van der Waals surface area contributed by atoms with Crippen LogP contribution < -0.4 is 15.4 Å². The third kappa shape index (κ3) is 6.10. The second kappa shape index (κ2) is 10.1. The smallest absolute Gasteiger partial charge is 0.268 e. The van der Waals surface area contributed by atoms with Crippen molar-refractivity contribution in [2.45, 2.75) is 13.8 Å². The Balaban J connectivity index is 1.62. The summed E-state index contributed by atoms with van der Waals surface area (Å²) in [5.74, 6) is 0.391. The van der Waals surface area contributed by atoms with Crippen LogP contribution in [0.3, 0.4) is 0 Å². The fraction of sp³-hybridized carbons (Fsp3) is 0.167. The molecular formula is C24H24N2O4. The molecule has 2 aromatic carbocycles. The van der Waals surface area contributed by atoms with Gasteiger partial charge in [0.2, 0.25) is 0 Å². The first-order chi connectivity index (χ1) is 14.5. The summed E-state index contributed by atoms with van der Waals surface area (Å²) in [6.07, 6.45) is 2.99. The van der Waals surface area contributed by atoms with Crippen molar-refractivity contribution in [2.24, 2.45) is 0 Å². The molecule has 2 amide bonds. The minimum absolute atomic E-state index is 0.0890. The highest BCUT2D eigenvalue weighted by atomic mass is 16.5. The predicted octanol–water partition coefficient (Wildman–Crippen LogP) is 3.86. The van der Waals surface area contributed by atoms with Crippen LogP contribution in [0.1, 0.15) is 27.2 Å². The maximum atomic E-state index is 12.7. The van der Waals surface area contributed by atoms with Crippen LogP contribution in [-0.2, 0) is 4.79 Å². The topological polar surface area (TPSA) is 80.6 Å². The van der Waals surface area contributed by atoms with Crippen LogP contribution in [-0.4, -0.2) is 25.0 Å². The second-order valence-corrected chi connectivity index (χ2v) is 6.81. The molecule has 0 fully saturated rings. The first-order valence-corrected chi connectivity index (χ1v) is 9.62. The molecule has 0 saturated carbocycles. The predicted molar refractivity (Wildman–Crippen MR) is 115 cm³/mol. The van der Waals surface area contributed by atoms with E-state index in [4.69, 9.17) is 9.15 Å². The number of ether oxygens (including phenoxy) is 1. The van der Waals surface area contributed by atoms with Gasteiger partial charge in [-0.25, -0.2) is 0 Å². The summed E-state index contributed by atoms with van der Waals surface area (Å²) in [6, 6.07) is 18.2. The van der Waals surface area contributed by atoms with Crippen molar-refractivity contribution in [2.75, 3.05) is 13.2 Å². The van der Waals surface area contributed by atoms with Crippen LogP contribution in [0, 0.1) is 13.8 Å². The van der Waals surface area contributed by atoms with Crippen molar-refractivity contribution < 1.29 is 18.7 Å². The molecule has 3 rings (SSSR count). The number of aryl methyl sites for hydroxylation is 2. The number of hydrogen-bond donors (Lipinski definition) is 2. The van der Waals surface area contributed by atoms with Crippen molar-refractivity contribution in [3.05, 3.63) is 95.1 Å². The van der Waals surface area contributed by atoms with Gasteiger partial charge in [-0.1, -0.05) is 29.8 Å². The zero-order valence-electron chi connectivity index (χ0n) is 17.0. The Morgan fingerprint density at radius 2 is 1.80 bits per heavy atom. The van der Waals surface area contributed by atoms with Gasteiger partial charge in [-0.2, -0.15) is 0 Å². The molecule has 3 aromatic rings. The number of carbonyl (C=O) groups is 2. The molecule has 2 N–H and O–H groups in total. The normalized spacial score (nSPS) is 11.1. The van der Waals surface area contributed by atoms with E-state index in [2.05, 4.69) is 10.6 Å². The number of carbonyl (C=O) groups excluding carboxylic acids is 2. The van der Waals surface area contributed by atoms with Gasteiger partial charge < -0.3 is 19.8 Å². The van der Waals surface area contributed by atoms with Crippen LogP contribution in [0.2, 0.25) is 0 Å². The summed E-state index contributed by atoms with van der Waals surface area (Å²) in [5, 5.41) is 5.42. The fourth-order valence-electron chi connectivity index (χ4n) is 2.71. The van der Waals surface area contributed by atoms with Gasteiger partial charge in [0, 0.05) is 11.6 Å². The summed E-state index contributed by atoms with van der Waals surface area (Å²) < 4.78 is 10.9. The molecule has 0 atom stereocenters. The monoisotopic (exact) mass is 404 g/mol. The quantitative estimate of drug-likeness (QED) is 0.441. The van der Waals surface area contributed by atoms with Crippen LogP contribution in [0.4, 0.5) is 0 Å². The highest BCUT2D eigenvalue weighted by Gasteiger charge is 2.15. The minimum Gasteiger partial charge on any atom is -0.492 e. The molecule has 6 nitrogen and oxygen atoms in total. The lowest BCUT2D eigenvalue weighted by molar-refractivity contribution is -0.117. The molecule has 0 unspecified atom stereocenters. The van der Waals surface area contributed by atoms with Gasteiger partial charge in [-0.15, -0.1) is 0 Å². The molecule has 6 heteroatoms. The molecule has 0 aliphatic heterocycles. The lowest BCUT2D eigenvalue weighted by atomic mass is 10.1. The summed E-state index contributed by atoms with van der Waals surface area (Å²) in [4.78, 5) is 25.2. The maximum absolute atomic E-state index is 12.7. The largest absolute Gasteiger partial charge is 0.492 e. The first-order valence-electron chi connectivity index (χ1n) is 9.62. The van der Waals surface area contributed by atoms with Crippen molar-refractivity contribution in [1.29, 1.82) is 0 Å². The molecule has 0 aliphatic carbocycles. The Kier molecular flexibility index (Phi) is 7.05. The first kappa shape index (κ1) is 20.9. The molecule has 30 heavy (non-hydrogen) atoms. The lowest BCUT2D eigenvalue weighted by Crippen LogP contribution is -2.36. The highest BCUT2D eigenvalue weighted by Crippen LogP contribution is 2.12. The van der Waals surface area contributed by atoms with E-state index in [-0.39, 0.29) is 18.1 Å². The van der Waals surface area contributed by atoms with Crippen LogP contribution in [0.15, 0.2) is 77.0 Å². The summed E-state index contributed by atoms with van der Waals surface area (Å²) >= 11 is 0. The van der Waals surface area contributed by atoms with Gasteiger partial charge in [-0.3, -0.25) is 9.59 Å². The molecule has 0 radical (unpaired) electrons. The third-order valence-corrected chi connectivity index (χ3v) is 4.28. The van der Waals surface area contributed by atoms with Gasteiger partial charge in [0.1, 0.15) is 23.8 Å². The van der Waals surface area contributed by atoms with Gasteiger partial charge in [0.25, 0.3) is 11.8 Å². The minimum atomic E-state index is -0.431. The molecule has 0 bridgehead atoms. The number of nitrogens with one attached hydrogen (secondary N) is 2. The average molecular weight is 404 g/mol. The number of rotatable bonds is 8. The van der Waals surface area contributed by atoms with Crippen molar-refractivity contribution in [3.8, 4) is 5.75 Å². The van der Waals surface area contributed by atoms with Gasteiger partial charge >= 0.3 is 0 Å². The van der Waals surface area contributed by atoms with Crippen LogP contribution in [0.5, 0.6) is 5.75 Å². The number of benzene rings is 2. The maximum Gasteiger partial charge on any atom is 0.268 e. The van der Waals surface area contributed by atoms with Crippen molar-refractivity contribution in [3.63, 3.8) is 0 Å². The Morgan fingerprint density at radius 1 is 1.00 bits per heavy atom. The van der Waals surface area contributed by atoms with Gasteiger partial charge in [-0.05, 0) is 55.8 Å². The van der Waals surface area contributed by atoms with E-state index in [0.717, 1.165) is 16.9 Å². The Morgan fingerprint density at radius 3 is 2.50 bits per heavy atom. The van der Waals surface area contributed by atoms with Crippen molar-refractivity contribution >= 4 is 17.9 Å². The van der Waals surface area contributed by atoms with Gasteiger partial charge in [0.05, 0.1) is 12.8 Å². The number of hydrogen-bond acceptors (Lipinski definition) is 4. The Hall–Kier alpha value is -3.80. The van der Waals surface area contributed by atoms with Gasteiger partial charge in [0.15, 0.2) is 0 Å². The van der Waals surface area contributed by atoms with E-state index < -0.39 is 5.91 Å². The molecule has 1 aromatic heterocycles. The zero-order chi connectivity index (χ0) is 21.3. The molecule has 0 saturated heterocycles. The molecular weight excluding hydrogens is 380 g/mol. The van der Waals surface area contributed by atoms with E-state index in [1.165, 1.54) is 12.3 Å². The summed E-state index contributed by atoms with van der Waals surface area (Å²) in [5.41, 5.74) is 2.69. The van der Waals surface area contributed by atoms with E-state index in [9.17, 15) is 9.59 Å². The fourth-order valence-corrected chi connectivity index (χ4v) is 2.71. The summed E-state index contributed by atoms with van der Waals surface area (Å²) in [7, 11) is 0. The zero-order valence-corrected chi connectivity index (χ0v) is 17.0. The molecule has 0 aliphatic rings. The third-order valence-electron chi connectivity index (χ3n) is 4.28. The molecule has 1 heterocycles.